The van der Waals surface area contributed by atoms with Crippen LogP contribution in [0.15, 0.2) is 30.5 Å². The van der Waals surface area contributed by atoms with Gasteiger partial charge in [-0.2, -0.15) is 5.10 Å². The highest BCUT2D eigenvalue weighted by Crippen LogP contribution is 2.19. The lowest BCUT2D eigenvalue weighted by Gasteiger charge is -2.05. The zero-order chi connectivity index (χ0) is 14.8. The van der Waals surface area contributed by atoms with E-state index < -0.39 is 0 Å². The van der Waals surface area contributed by atoms with Crippen LogP contribution in [0.4, 0.5) is 0 Å². The maximum Gasteiger partial charge on any atom is 0.104 e. The predicted molar refractivity (Wildman–Crippen MR) is 81.8 cm³/mol. The largest absolute Gasteiger partial charge is 0.309 e. The van der Waals surface area contributed by atoms with Crippen LogP contribution in [0.2, 0.25) is 0 Å². The summed E-state index contributed by atoms with van der Waals surface area (Å²) in [6, 6.07) is 8.74. The smallest absolute Gasteiger partial charge is 0.104 e. The highest BCUT2D eigenvalue weighted by molar-refractivity contribution is 5.82. The third-order valence-electron chi connectivity index (χ3n) is 3.37. The Labute approximate surface area is 123 Å². The van der Waals surface area contributed by atoms with E-state index in [2.05, 4.69) is 47.7 Å². The van der Waals surface area contributed by atoms with Crippen molar-refractivity contribution in [3.63, 3.8) is 0 Å². The van der Waals surface area contributed by atoms with E-state index in [4.69, 9.17) is 5.10 Å². The van der Waals surface area contributed by atoms with E-state index in [0.29, 0.717) is 12.6 Å². The highest BCUT2D eigenvalue weighted by Gasteiger charge is 2.11. The Bertz CT molecular complexity index is 740. The number of aryl methyl sites for hydroxylation is 1. The van der Waals surface area contributed by atoms with Gasteiger partial charge in [0.15, 0.2) is 0 Å². The van der Waals surface area contributed by atoms with Crippen LogP contribution < -0.4 is 5.32 Å². The number of fused-ring (bicyclic) bond motifs is 1. The first kappa shape index (κ1) is 13.8. The van der Waals surface area contributed by atoms with Gasteiger partial charge >= 0.3 is 0 Å². The van der Waals surface area contributed by atoms with E-state index in [0.717, 1.165) is 23.4 Å². The molecule has 0 bridgehead atoms. The molecule has 3 rings (SSSR count). The van der Waals surface area contributed by atoms with Crippen molar-refractivity contribution in [3.05, 3.63) is 41.9 Å². The summed E-state index contributed by atoms with van der Waals surface area (Å²) < 4.78 is 3.71. The molecule has 6 heteroatoms. The number of nitrogens with one attached hydrogen (secondary N) is 1. The van der Waals surface area contributed by atoms with Crippen molar-refractivity contribution in [3.8, 4) is 0 Å². The summed E-state index contributed by atoms with van der Waals surface area (Å²) in [7, 11) is 1.87. The standard InChI is InChI=1S/C15H20N6/c1-11(2)16-8-14-13-6-4-5-7-15(13)21(18-14)10-12-9-20(3)19-17-12/h4-7,9,11,16H,8,10H2,1-3H3. The topological polar surface area (TPSA) is 60.6 Å². The average Bonchev–Trinajstić information content (AvgIpc) is 3.02. The predicted octanol–water partition coefficient (Wildman–Crippen LogP) is 1.71. The molecule has 3 aromatic rings. The van der Waals surface area contributed by atoms with Crippen LogP contribution in [0, 0.1) is 0 Å². The van der Waals surface area contributed by atoms with Gasteiger partial charge in [-0.1, -0.05) is 37.3 Å². The molecule has 0 aliphatic rings. The van der Waals surface area contributed by atoms with Gasteiger partial charge in [-0.25, -0.2) is 0 Å². The molecule has 0 amide bonds. The maximum absolute atomic E-state index is 4.74. The van der Waals surface area contributed by atoms with E-state index >= 15 is 0 Å². The van der Waals surface area contributed by atoms with Crippen LogP contribution in [0.3, 0.4) is 0 Å². The second kappa shape index (κ2) is 5.65. The van der Waals surface area contributed by atoms with Crippen molar-refractivity contribution < 1.29 is 0 Å². The first-order valence-corrected chi connectivity index (χ1v) is 7.16. The van der Waals surface area contributed by atoms with Crippen LogP contribution in [-0.2, 0) is 20.1 Å². The summed E-state index contributed by atoms with van der Waals surface area (Å²) in [6.07, 6.45) is 1.92. The van der Waals surface area contributed by atoms with Gasteiger partial charge in [-0.05, 0) is 6.07 Å². The summed E-state index contributed by atoms with van der Waals surface area (Å²) in [6.45, 7) is 5.68. The number of hydrogen-bond donors (Lipinski definition) is 1. The summed E-state index contributed by atoms with van der Waals surface area (Å²) in [5.74, 6) is 0. The first-order valence-electron chi connectivity index (χ1n) is 7.16. The van der Waals surface area contributed by atoms with Crippen molar-refractivity contribution in [2.75, 3.05) is 0 Å². The highest BCUT2D eigenvalue weighted by atomic mass is 15.4. The normalized spacial score (nSPS) is 11.6. The zero-order valence-electron chi connectivity index (χ0n) is 12.6. The van der Waals surface area contributed by atoms with Crippen LogP contribution in [0.5, 0.6) is 0 Å². The Morgan fingerprint density at radius 2 is 2.05 bits per heavy atom. The number of para-hydroxylation sites is 1. The quantitative estimate of drug-likeness (QED) is 0.775. The molecular weight excluding hydrogens is 264 g/mol. The molecule has 0 saturated carbocycles. The summed E-state index contributed by atoms with van der Waals surface area (Å²) in [5, 5.41) is 17.5. The Morgan fingerprint density at radius 3 is 2.76 bits per heavy atom. The van der Waals surface area contributed by atoms with E-state index in [9.17, 15) is 0 Å². The van der Waals surface area contributed by atoms with Gasteiger partial charge in [0.25, 0.3) is 0 Å². The SMILES string of the molecule is CC(C)NCc1nn(Cc2cn(C)nn2)c2ccccc12. The van der Waals surface area contributed by atoms with Crippen LogP contribution >= 0.6 is 0 Å². The lowest BCUT2D eigenvalue weighted by molar-refractivity contribution is 0.572. The molecular formula is C15H20N6. The summed E-state index contributed by atoms with van der Waals surface area (Å²) in [4.78, 5) is 0. The fourth-order valence-electron chi connectivity index (χ4n) is 2.37. The molecule has 0 atom stereocenters. The first-order chi connectivity index (χ1) is 10.1. The van der Waals surface area contributed by atoms with Crippen molar-refractivity contribution in [2.45, 2.75) is 33.0 Å². The van der Waals surface area contributed by atoms with Crippen LogP contribution in [0.1, 0.15) is 25.2 Å². The lowest BCUT2D eigenvalue weighted by Crippen LogP contribution is -2.22. The fraction of sp³-hybridized carbons (Fsp3) is 0.400. The van der Waals surface area contributed by atoms with E-state index in [1.165, 1.54) is 5.39 Å². The second-order valence-electron chi connectivity index (χ2n) is 5.54. The minimum atomic E-state index is 0.439. The second-order valence-corrected chi connectivity index (χ2v) is 5.54. The van der Waals surface area contributed by atoms with E-state index in [-0.39, 0.29) is 0 Å². The molecule has 110 valence electrons. The fourth-order valence-corrected chi connectivity index (χ4v) is 2.37. The molecule has 0 unspecified atom stereocenters. The van der Waals surface area contributed by atoms with Crippen LogP contribution in [0.25, 0.3) is 10.9 Å². The molecule has 0 aliphatic carbocycles. The minimum Gasteiger partial charge on any atom is -0.309 e. The summed E-state index contributed by atoms with van der Waals surface area (Å²) in [5.41, 5.74) is 3.11. The molecule has 6 nitrogen and oxygen atoms in total. The molecule has 0 radical (unpaired) electrons. The van der Waals surface area contributed by atoms with Gasteiger partial charge < -0.3 is 5.32 Å². The monoisotopic (exact) mass is 284 g/mol. The number of aromatic nitrogens is 5. The lowest BCUT2D eigenvalue weighted by atomic mass is 10.2. The van der Waals surface area contributed by atoms with Gasteiger partial charge in [0, 0.05) is 31.2 Å². The van der Waals surface area contributed by atoms with Crippen molar-refractivity contribution in [1.29, 1.82) is 0 Å². The summed E-state index contributed by atoms with van der Waals surface area (Å²) >= 11 is 0. The number of hydrogen-bond acceptors (Lipinski definition) is 4. The Balaban J connectivity index is 1.94. The molecule has 0 spiro atoms. The Morgan fingerprint density at radius 1 is 1.24 bits per heavy atom. The average molecular weight is 284 g/mol. The molecule has 1 aromatic carbocycles. The molecule has 21 heavy (non-hydrogen) atoms. The van der Waals surface area contributed by atoms with Crippen LogP contribution in [-0.4, -0.2) is 30.8 Å². The third-order valence-corrected chi connectivity index (χ3v) is 3.37. The molecule has 2 heterocycles. The Hall–Kier alpha value is -2.21. The van der Waals surface area contributed by atoms with E-state index in [1.807, 2.05) is 24.0 Å². The molecule has 0 saturated heterocycles. The van der Waals surface area contributed by atoms with Crippen molar-refractivity contribution in [1.82, 2.24) is 30.1 Å². The number of rotatable bonds is 5. The number of benzene rings is 1. The van der Waals surface area contributed by atoms with Gasteiger partial charge in [0.05, 0.1) is 17.8 Å². The minimum absolute atomic E-state index is 0.439. The van der Waals surface area contributed by atoms with Gasteiger partial charge in [0.2, 0.25) is 0 Å². The van der Waals surface area contributed by atoms with Gasteiger partial charge in [0.1, 0.15) is 5.69 Å². The molecule has 0 fully saturated rings. The molecule has 1 N–H and O–H groups in total. The molecule has 2 aromatic heterocycles. The molecule has 0 aliphatic heterocycles. The number of nitrogens with zero attached hydrogens (tertiary/aromatic N) is 5. The van der Waals surface area contributed by atoms with Gasteiger partial charge in [-0.15, -0.1) is 5.10 Å². The maximum atomic E-state index is 4.74. The van der Waals surface area contributed by atoms with Crippen molar-refractivity contribution in [2.24, 2.45) is 7.05 Å². The third kappa shape index (κ3) is 2.95. The van der Waals surface area contributed by atoms with Crippen molar-refractivity contribution >= 4 is 10.9 Å². The zero-order valence-corrected chi connectivity index (χ0v) is 12.6. The Kier molecular flexibility index (Phi) is 3.70. The van der Waals surface area contributed by atoms with E-state index in [1.54, 1.807) is 4.68 Å². The van der Waals surface area contributed by atoms with Gasteiger partial charge in [-0.3, -0.25) is 9.36 Å².